The predicted molar refractivity (Wildman–Crippen MR) is 89.8 cm³/mol. The zero-order valence-corrected chi connectivity index (χ0v) is 13.5. The van der Waals surface area contributed by atoms with Crippen molar-refractivity contribution in [3.05, 3.63) is 36.5 Å². The van der Waals surface area contributed by atoms with Gasteiger partial charge in [0.05, 0.1) is 6.61 Å². The molecule has 0 rings (SSSR count). The number of hydrogen-bond donors (Lipinski definition) is 2. The first-order valence-electron chi connectivity index (χ1n) is 8.22. The van der Waals surface area contributed by atoms with Crippen molar-refractivity contribution in [2.75, 3.05) is 6.61 Å². The summed E-state index contributed by atoms with van der Waals surface area (Å²) in [5.74, 6) is -0.690. The first-order valence-corrected chi connectivity index (χ1v) is 8.22. The van der Waals surface area contributed by atoms with E-state index in [9.17, 15) is 4.79 Å². The number of allylic oxidation sites excluding steroid dienone is 5. The van der Waals surface area contributed by atoms with Crippen molar-refractivity contribution in [1.82, 2.24) is 0 Å². The van der Waals surface area contributed by atoms with Crippen LogP contribution in [0.25, 0.3) is 0 Å². The average Bonchev–Trinajstić information content (AvgIpc) is 2.50. The minimum Gasteiger partial charge on any atom is -0.481 e. The molecule has 4 heteroatoms. The molecule has 0 heterocycles. The molecule has 0 saturated carbocycles. The summed E-state index contributed by atoms with van der Waals surface area (Å²) in [4.78, 5) is 14.3. The molecule has 0 unspecified atom stereocenters. The van der Waals surface area contributed by atoms with Crippen molar-refractivity contribution in [2.24, 2.45) is 0 Å². The summed E-state index contributed by atoms with van der Waals surface area (Å²) in [7, 11) is 0. The molecule has 0 atom stereocenters. The summed E-state index contributed by atoms with van der Waals surface area (Å²) in [6.07, 6.45) is 22.1. The number of hydrogen-bond acceptors (Lipinski definition) is 3. The Morgan fingerprint density at radius 2 is 1.36 bits per heavy atom. The van der Waals surface area contributed by atoms with Gasteiger partial charge in [-0.1, -0.05) is 55.7 Å². The fraction of sp³-hybridized carbons (Fsp3) is 0.611. The van der Waals surface area contributed by atoms with Gasteiger partial charge in [0, 0.05) is 6.42 Å². The van der Waals surface area contributed by atoms with Crippen molar-refractivity contribution in [1.29, 1.82) is 0 Å². The molecule has 0 aromatic heterocycles. The molecule has 0 aliphatic rings. The van der Waals surface area contributed by atoms with Gasteiger partial charge in [0.1, 0.15) is 0 Å². The Labute approximate surface area is 134 Å². The van der Waals surface area contributed by atoms with Crippen LogP contribution >= 0.6 is 0 Å². The summed E-state index contributed by atoms with van der Waals surface area (Å²) in [5.41, 5.74) is 0. The molecule has 2 N–H and O–H groups in total. The summed E-state index contributed by atoms with van der Waals surface area (Å²) in [6.45, 7) is 0.356. The van der Waals surface area contributed by atoms with Crippen molar-refractivity contribution in [3.63, 3.8) is 0 Å². The van der Waals surface area contributed by atoms with Gasteiger partial charge in [-0.2, -0.15) is 0 Å². The fourth-order valence-corrected chi connectivity index (χ4v) is 1.97. The standard InChI is InChI=1S/C18H30O4/c19-18(20)16-14-12-10-8-6-4-2-1-3-5-7-9-11-13-15-17-22-21/h1-3,5,11,13,21H,4,6-10,12,14-17H2,(H,19,20). The summed E-state index contributed by atoms with van der Waals surface area (Å²) in [6, 6.07) is 0. The zero-order chi connectivity index (χ0) is 16.3. The van der Waals surface area contributed by atoms with E-state index in [0.29, 0.717) is 13.0 Å². The highest BCUT2D eigenvalue weighted by Gasteiger charge is 1.95. The van der Waals surface area contributed by atoms with E-state index >= 15 is 0 Å². The lowest BCUT2D eigenvalue weighted by atomic mass is 10.1. The van der Waals surface area contributed by atoms with Gasteiger partial charge in [0.2, 0.25) is 0 Å². The van der Waals surface area contributed by atoms with Gasteiger partial charge in [-0.25, -0.2) is 4.89 Å². The van der Waals surface area contributed by atoms with E-state index in [1.54, 1.807) is 0 Å². The van der Waals surface area contributed by atoms with Crippen molar-refractivity contribution in [2.45, 2.75) is 64.2 Å². The zero-order valence-electron chi connectivity index (χ0n) is 13.5. The molecule has 4 nitrogen and oxygen atoms in total. The molecule has 0 spiro atoms. The highest BCUT2D eigenvalue weighted by Crippen LogP contribution is 2.07. The van der Waals surface area contributed by atoms with Crippen LogP contribution in [0.2, 0.25) is 0 Å². The highest BCUT2D eigenvalue weighted by atomic mass is 17.1. The van der Waals surface area contributed by atoms with Crippen molar-refractivity contribution in [3.8, 4) is 0 Å². The van der Waals surface area contributed by atoms with E-state index in [4.69, 9.17) is 10.4 Å². The molecule has 126 valence electrons. The van der Waals surface area contributed by atoms with Gasteiger partial charge in [0.15, 0.2) is 0 Å². The van der Waals surface area contributed by atoms with Gasteiger partial charge in [0.25, 0.3) is 0 Å². The van der Waals surface area contributed by atoms with Crippen LogP contribution in [0.5, 0.6) is 0 Å². The second kappa shape index (κ2) is 17.7. The summed E-state index contributed by atoms with van der Waals surface area (Å²) < 4.78 is 0. The number of carboxylic acids is 1. The molecular weight excluding hydrogens is 280 g/mol. The molecule has 0 saturated heterocycles. The van der Waals surface area contributed by atoms with Crippen LogP contribution in [0, 0.1) is 0 Å². The number of carboxylic acid groups (broad SMARTS) is 1. The maximum absolute atomic E-state index is 10.3. The molecule has 0 radical (unpaired) electrons. The summed E-state index contributed by atoms with van der Waals surface area (Å²) >= 11 is 0. The smallest absolute Gasteiger partial charge is 0.303 e. The lowest BCUT2D eigenvalue weighted by Gasteiger charge is -1.97. The first kappa shape index (κ1) is 20.6. The number of rotatable bonds is 15. The number of aliphatic carboxylic acids is 1. The molecule has 0 aromatic rings. The predicted octanol–water partition coefficient (Wildman–Crippen LogP) is 5.13. The second-order valence-electron chi connectivity index (χ2n) is 5.23. The maximum atomic E-state index is 10.3. The highest BCUT2D eigenvalue weighted by molar-refractivity contribution is 5.66. The van der Waals surface area contributed by atoms with E-state index in [1.807, 2.05) is 6.08 Å². The Morgan fingerprint density at radius 3 is 2.09 bits per heavy atom. The van der Waals surface area contributed by atoms with Gasteiger partial charge in [-0.05, 0) is 38.5 Å². The van der Waals surface area contributed by atoms with E-state index in [0.717, 1.165) is 44.9 Å². The van der Waals surface area contributed by atoms with Crippen LogP contribution < -0.4 is 0 Å². The molecule has 0 aliphatic carbocycles. The Balaban J connectivity index is 3.27. The molecule has 0 fully saturated rings. The lowest BCUT2D eigenvalue weighted by Crippen LogP contribution is -1.93. The van der Waals surface area contributed by atoms with Crippen molar-refractivity contribution < 1.29 is 20.0 Å². The summed E-state index contributed by atoms with van der Waals surface area (Å²) in [5, 5.41) is 16.6. The molecule has 22 heavy (non-hydrogen) atoms. The minimum absolute atomic E-state index is 0.301. The Morgan fingerprint density at radius 1 is 0.773 bits per heavy atom. The van der Waals surface area contributed by atoms with E-state index in [-0.39, 0.29) is 0 Å². The maximum Gasteiger partial charge on any atom is 0.303 e. The average molecular weight is 310 g/mol. The van der Waals surface area contributed by atoms with Crippen LogP contribution in [0.4, 0.5) is 0 Å². The van der Waals surface area contributed by atoms with E-state index in [2.05, 4.69) is 35.3 Å². The van der Waals surface area contributed by atoms with Crippen LogP contribution in [0.15, 0.2) is 36.5 Å². The van der Waals surface area contributed by atoms with Crippen molar-refractivity contribution >= 4 is 5.97 Å². The second-order valence-corrected chi connectivity index (χ2v) is 5.23. The molecular formula is C18H30O4. The van der Waals surface area contributed by atoms with Gasteiger partial charge < -0.3 is 5.11 Å². The molecule has 0 aliphatic heterocycles. The Kier molecular flexibility index (Phi) is 16.5. The van der Waals surface area contributed by atoms with E-state index in [1.165, 1.54) is 12.8 Å². The largest absolute Gasteiger partial charge is 0.481 e. The quantitative estimate of drug-likeness (QED) is 0.145. The van der Waals surface area contributed by atoms with Crippen LogP contribution in [-0.4, -0.2) is 22.9 Å². The monoisotopic (exact) mass is 310 g/mol. The number of carbonyl (C=O) groups is 1. The first-order chi connectivity index (χ1) is 10.8. The normalized spacial score (nSPS) is 12.0. The van der Waals surface area contributed by atoms with Gasteiger partial charge in [-0.3, -0.25) is 10.1 Å². The SMILES string of the molecule is O=C(O)CCCCCCCC=CC=CCCC=CCCOO. The topological polar surface area (TPSA) is 66.8 Å². The lowest BCUT2D eigenvalue weighted by molar-refractivity contribution is -0.240. The molecule has 0 bridgehead atoms. The Hall–Kier alpha value is -1.39. The fourth-order valence-electron chi connectivity index (χ4n) is 1.97. The molecule has 0 aromatic carbocycles. The van der Waals surface area contributed by atoms with Gasteiger partial charge in [-0.15, -0.1) is 0 Å². The van der Waals surface area contributed by atoms with Crippen LogP contribution in [0.1, 0.15) is 64.2 Å². The van der Waals surface area contributed by atoms with Gasteiger partial charge >= 0.3 is 5.97 Å². The van der Waals surface area contributed by atoms with Crippen LogP contribution in [0.3, 0.4) is 0 Å². The van der Waals surface area contributed by atoms with Crippen LogP contribution in [-0.2, 0) is 9.68 Å². The van der Waals surface area contributed by atoms with E-state index < -0.39 is 5.97 Å². The number of unbranched alkanes of at least 4 members (excludes halogenated alkanes) is 6. The third kappa shape index (κ3) is 18.6. The third-order valence-corrected chi connectivity index (χ3v) is 3.19. The Bertz CT molecular complexity index is 332. The minimum atomic E-state index is -0.690. The molecule has 0 amide bonds. The third-order valence-electron chi connectivity index (χ3n) is 3.19.